The lowest BCUT2D eigenvalue weighted by atomic mass is 10.1. The Bertz CT molecular complexity index is 1130. The number of nitrogens with zero attached hydrogens (tertiary/aromatic N) is 3. The maximum absolute atomic E-state index is 12.5. The summed E-state index contributed by atoms with van der Waals surface area (Å²) in [5.74, 6) is -0.302. The minimum absolute atomic E-state index is 0.0853. The molecule has 0 unspecified atom stereocenters. The van der Waals surface area contributed by atoms with Crippen molar-refractivity contribution in [1.82, 2.24) is 24.8 Å². The first kappa shape index (κ1) is 20.9. The quantitative estimate of drug-likeness (QED) is 0.576. The summed E-state index contributed by atoms with van der Waals surface area (Å²) in [5.41, 5.74) is 2.76. The molecule has 3 aromatic rings. The van der Waals surface area contributed by atoms with E-state index in [1.807, 2.05) is 25.5 Å². The van der Waals surface area contributed by atoms with Gasteiger partial charge in [0.25, 0.3) is 5.91 Å². The number of amides is 1. The standard InChI is InChI=1S/C20H25N5O3S/c1-13(2)25-19-16(12-22-25)11-18(15(4)24-19)20(26)21-9-10-23-29(27,28)17-7-5-14(3)6-8-17/h5-8,11-13,23H,9-10H2,1-4H3,(H,21,26). The van der Waals surface area contributed by atoms with Gasteiger partial charge >= 0.3 is 0 Å². The van der Waals surface area contributed by atoms with Crippen LogP contribution in [0, 0.1) is 13.8 Å². The molecule has 0 radical (unpaired) electrons. The number of pyridine rings is 1. The molecule has 1 aromatic carbocycles. The van der Waals surface area contributed by atoms with E-state index in [0.29, 0.717) is 11.3 Å². The lowest BCUT2D eigenvalue weighted by Gasteiger charge is -2.11. The SMILES string of the molecule is Cc1ccc(S(=O)(=O)NCCNC(=O)c2cc3cnn(C(C)C)c3nc2C)cc1. The van der Waals surface area contributed by atoms with Crippen molar-refractivity contribution in [2.24, 2.45) is 0 Å². The number of hydrogen-bond donors (Lipinski definition) is 2. The van der Waals surface area contributed by atoms with Crippen LogP contribution in [0.5, 0.6) is 0 Å². The Morgan fingerprint density at radius 2 is 1.83 bits per heavy atom. The highest BCUT2D eigenvalue weighted by atomic mass is 32.2. The zero-order valence-electron chi connectivity index (χ0n) is 16.9. The first-order valence-electron chi connectivity index (χ1n) is 9.38. The summed E-state index contributed by atoms with van der Waals surface area (Å²) in [4.78, 5) is 17.2. The van der Waals surface area contributed by atoms with Gasteiger partial charge in [0.1, 0.15) is 0 Å². The van der Waals surface area contributed by atoms with E-state index in [2.05, 4.69) is 20.1 Å². The van der Waals surface area contributed by atoms with Crippen molar-refractivity contribution in [2.45, 2.75) is 38.6 Å². The molecule has 0 saturated heterocycles. The number of aryl methyl sites for hydroxylation is 2. The van der Waals surface area contributed by atoms with E-state index in [4.69, 9.17) is 0 Å². The minimum Gasteiger partial charge on any atom is -0.351 e. The molecular formula is C20H25N5O3S. The molecule has 0 fully saturated rings. The molecule has 0 spiro atoms. The zero-order valence-corrected chi connectivity index (χ0v) is 17.7. The minimum atomic E-state index is -3.61. The van der Waals surface area contributed by atoms with Crippen molar-refractivity contribution in [3.63, 3.8) is 0 Å². The number of carbonyl (C=O) groups is 1. The first-order valence-corrected chi connectivity index (χ1v) is 10.9. The van der Waals surface area contributed by atoms with E-state index < -0.39 is 10.0 Å². The van der Waals surface area contributed by atoms with Crippen LogP contribution >= 0.6 is 0 Å². The van der Waals surface area contributed by atoms with E-state index in [0.717, 1.165) is 16.6 Å². The van der Waals surface area contributed by atoms with Gasteiger partial charge in [-0.25, -0.2) is 22.8 Å². The average molecular weight is 416 g/mol. The summed E-state index contributed by atoms with van der Waals surface area (Å²) < 4.78 is 28.8. The van der Waals surface area contributed by atoms with E-state index in [1.165, 1.54) is 0 Å². The van der Waals surface area contributed by atoms with Crippen molar-refractivity contribution >= 4 is 27.0 Å². The van der Waals surface area contributed by atoms with Crippen molar-refractivity contribution in [3.05, 3.63) is 53.3 Å². The molecule has 0 bridgehead atoms. The topological polar surface area (TPSA) is 106 Å². The number of rotatable bonds is 7. The number of nitrogens with one attached hydrogen (secondary N) is 2. The van der Waals surface area contributed by atoms with Crippen LogP contribution < -0.4 is 10.0 Å². The second kappa shape index (κ2) is 8.30. The average Bonchev–Trinajstić information content (AvgIpc) is 3.07. The largest absolute Gasteiger partial charge is 0.351 e. The van der Waals surface area contributed by atoms with Gasteiger partial charge < -0.3 is 5.32 Å². The molecule has 2 N–H and O–H groups in total. The molecule has 3 rings (SSSR count). The van der Waals surface area contributed by atoms with Crippen molar-refractivity contribution in [2.75, 3.05) is 13.1 Å². The van der Waals surface area contributed by atoms with Gasteiger partial charge in [-0.1, -0.05) is 17.7 Å². The van der Waals surface area contributed by atoms with Crippen LogP contribution in [0.15, 0.2) is 41.4 Å². The maximum atomic E-state index is 12.5. The van der Waals surface area contributed by atoms with Crippen molar-refractivity contribution in [3.8, 4) is 0 Å². The van der Waals surface area contributed by atoms with Gasteiger partial charge in [0.2, 0.25) is 10.0 Å². The van der Waals surface area contributed by atoms with Gasteiger partial charge in [0.05, 0.1) is 22.3 Å². The molecule has 0 saturated carbocycles. The van der Waals surface area contributed by atoms with Gasteiger partial charge in [0.15, 0.2) is 5.65 Å². The number of aromatic nitrogens is 3. The second-order valence-corrected chi connectivity index (χ2v) is 8.95. The summed E-state index contributed by atoms with van der Waals surface area (Å²) in [5, 5.41) is 7.84. The van der Waals surface area contributed by atoms with Gasteiger partial charge in [-0.05, 0) is 45.9 Å². The smallest absolute Gasteiger partial charge is 0.253 e. The molecule has 154 valence electrons. The predicted octanol–water partition coefficient (Wildman–Crippen LogP) is 2.34. The Morgan fingerprint density at radius 3 is 2.48 bits per heavy atom. The number of hydrogen-bond acceptors (Lipinski definition) is 5. The molecule has 1 amide bonds. The summed E-state index contributed by atoms with van der Waals surface area (Å²) >= 11 is 0. The first-order chi connectivity index (χ1) is 13.7. The van der Waals surface area contributed by atoms with E-state index in [-0.39, 0.29) is 29.9 Å². The van der Waals surface area contributed by atoms with Crippen LogP contribution in [0.1, 0.15) is 41.5 Å². The summed E-state index contributed by atoms with van der Waals surface area (Å²) in [6, 6.07) is 8.51. The number of fused-ring (bicyclic) bond motifs is 1. The molecule has 2 aromatic heterocycles. The molecular weight excluding hydrogens is 390 g/mol. The Hall–Kier alpha value is -2.78. The molecule has 0 aliphatic rings. The van der Waals surface area contributed by atoms with E-state index in [1.54, 1.807) is 43.5 Å². The maximum Gasteiger partial charge on any atom is 0.253 e. The van der Waals surface area contributed by atoms with Crippen LogP contribution in [-0.4, -0.2) is 42.2 Å². The Balaban J connectivity index is 1.62. The number of carbonyl (C=O) groups excluding carboxylic acids is 1. The summed E-state index contributed by atoms with van der Waals surface area (Å²) in [7, 11) is -3.61. The van der Waals surface area contributed by atoms with E-state index in [9.17, 15) is 13.2 Å². The zero-order chi connectivity index (χ0) is 21.2. The molecule has 2 heterocycles. The van der Waals surface area contributed by atoms with Crippen molar-refractivity contribution < 1.29 is 13.2 Å². The van der Waals surface area contributed by atoms with Crippen LogP contribution in [0.3, 0.4) is 0 Å². The fraction of sp³-hybridized carbons (Fsp3) is 0.350. The van der Waals surface area contributed by atoms with Gasteiger partial charge in [-0.2, -0.15) is 5.10 Å². The molecule has 0 aliphatic carbocycles. The second-order valence-electron chi connectivity index (χ2n) is 7.18. The normalized spacial score (nSPS) is 11.9. The summed E-state index contributed by atoms with van der Waals surface area (Å²) in [6.45, 7) is 7.94. The van der Waals surface area contributed by atoms with Gasteiger partial charge in [0, 0.05) is 24.5 Å². The highest BCUT2D eigenvalue weighted by molar-refractivity contribution is 7.89. The lowest BCUT2D eigenvalue weighted by Crippen LogP contribution is -2.35. The van der Waals surface area contributed by atoms with Crippen LogP contribution in [-0.2, 0) is 10.0 Å². The Kier molecular flexibility index (Phi) is 5.99. The van der Waals surface area contributed by atoms with Gasteiger partial charge in [-0.15, -0.1) is 0 Å². The summed E-state index contributed by atoms with van der Waals surface area (Å²) in [6.07, 6.45) is 1.69. The van der Waals surface area contributed by atoms with Crippen LogP contribution in [0.4, 0.5) is 0 Å². The third-order valence-electron chi connectivity index (χ3n) is 4.53. The van der Waals surface area contributed by atoms with Crippen LogP contribution in [0.2, 0.25) is 0 Å². The van der Waals surface area contributed by atoms with Crippen LogP contribution in [0.25, 0.3) is 11.0 Å². The highest BCUT2D eigenvalue weighted by Crippen LogP contribution is 2.19. The molecule has 0 aliphatic heterocycles. The number of benzene rings is 1. The fourth-order valence-electron chi connectivity index (χ4n) is 2.93. The predicted molar refractivity (Wildman–Crippen MR) is 111 cm³/mol. The third-order valence-corrected chi connectivity index (χ3v) is 6.00. The van der Waals surface area contributed by atoms with Crippen molar-refractivity contribution in [1.29, 1.82) is 0 Å². The molecule has 9 heteroatoms. The lowest BCUT2D eigenvalue weighted by molar-refractivity contribution is 0.0953. The fourth-order valence-corrected chi connectivity index (χ4v) is 3.96. The Morgan fingerprint density at radius 1 is 1.14 bits per heavy atom. The molecule has 8 nitrogen and oxygen atoms in total. The molecule has 0 atom stereocenters. The molecule has 29 heavy (non-hydrogen) atoms. The monoisotopic (exact) mass is 415 g/mol. The van der Waals surface area contributed by atoms with E-state index >= 15 is 0 Å². The number of sulfonamides is 1. The van der Waals surface area contributed by atoms with Gasteiger partial charge in [-0.3, -0.25) is 4.79 Å². The highest BCUT2D eigenvalue weighted by Gasteiger charge is 2.16. The Labute approximate surface area is 170 Å². The third kappa shape index (κ3) is 4.63.